The number of hydrogen-bond acceptors (Lipinski definition) is 6. The molecule has 0 aromatic heterocycles. The van der Waals surface area contributed by atoms with Crippen molar-refractivity contribution in [1.29, 1.82) is 0 Å². The molecule has 0 radical (unpaired) electrons. The van der Waals surface area contributed by atoms with Crippen LogP contribution in [0.2, 0.25) is 0 Å². The summed E-state index contributed by atoms with van der Waals surface area (Å²) in [6.45, 7) is 6.09. The van der Waals surface area contributed by atoms with Crippen LogP contribution in [0.25, 0.3) is 0 Å². The van der Waals surface area contributed by atoms with Crippen molar-refractivity contribution in [2.45, 2.75) is 90.1 Å². The van der Waals surface area contributed by atoms with Crippen LogP contribution in [0.4, 0.5) is 0 Å². The Morgan fingerprint density at radius 2 is 1.78 bits per heavy atom. The topological polar surface area (TPSA) is 125 Å². The summed E-state index contributed by atoms with van der Waals surface area (Å²) in [5, 5.41) is 27.7. The van der Waals surface area contributed by atoms with Gasteiger partial charge in [0.05, 0.1) is 12.1 Å². The third-order valence-electron chi connectivity index (χ3n) is 11.3. The van der Waals surface area contributed by atoms with Crippen molar-refractivity contribution < 1.29 is 29.4 Å². The van der Waals surface area contributed by atoms with Gasteiger partial charge in [-0.15, -0.1) is 0 Å². The Labute approximate surface area is 242 Å². The molecule has 4 aliphatic carbocycles. The van der Waals surface area contributed by atoms with E-state index in [2.05, 4.69) is 30.4 Å². The lowest BCUT2D eigenvalue weighted by atomic mass is 9.46. The molecule has 4 aliphatic rings. The normalized spacial score (nSPS) is 35.9. The molecule has 3 saturated carbocycles. The lowest BCUT2D eigenvalue weighted by Crippen LogP contribution is -2.57. The highest BCUT2D eigenvalue weighted by Crippen LogP contribution is 2.67. The minimum Gasteiger partial charge on any atom is -0.481 e. The number of carbonyl (C=O) groups is 3. The summed E-state index contributed by atoms with van der Waals surface area (Å²) in [5.74, 6) is -0.213. The highest BCUT2D eigenvalue weighted by atomic mass is 16.6. The molecule has 1 amide bonds. The Hall–Kier alpha value is -3.00. The largest absolute Gasteiger partial charge is 0.481 e. The molecule has 1 aromatic carbocycles. The first kappa shape index (κ1) is 29.5. The fourth-order valence-corrected chi connectivity index (χ4v) is 8.94. The number of fused-ring (bicyclic) bond motifs is 5. The smallest absolute Gasteiger partial charge is 0.304 e. The minimum absolute atomic E-state index is 0.0702. The zero-order chi connectivity index (χ0) is 29.4. The molecule has 0 heterocycles. The van der Waals surface area contributed by atoms with Gasteiger partial charge in [0, 0.05) is 17.9 Å². The van der Waals surface area contributed by atoms with E-state index in [-0.39, 0.29) is 48.0 Å². The number of nitrogens with one attached hydrogen (secondary N) is 1. The second-order valence-corrected chi connectivity index (χ2v) is 13.3. The summed E-state index contributed by atoms with van der Waals surface area (Å²) in [6, 6.07) is 9.32. The fourth-order valence-electron chi connectivity index (χ4n) is 8.94. The van der Waals surface area contributed by atoms with Gasteiger partial charge in [0.25, 0.3) is 5.91 Å². The van der Waals surface area contributed by atoms with E-state index < -0.39 is 11.6 Å². The number of Topliss-reactive ketones (excluding diaryl/α,β-unsaturated/α-hetero) is 1. The second kappa shape index (κ2) is 11.3. The summed E-state index contributed by atoms with van der Waals surface area (Å²) >= 11 is 0. The third-order valence-corrected chi connectivity index (χ3v) is 11.3. The highest BCUT2D eigenvalue weighted by molar-refractivity contribution is 5.96. The van der Waals surface area contributed by atoms with Crippen LogP contribution in [0, 0.1) is 28.6 Å². The molecule has 0 saturated heterocycles. The number of nitrogens with zero attached hydrogens (tertiary/aromatic N) is 1. The molecular weight excluding hydrogens is 520 g/mol. The number of aliphatic hydroxyl groups is 1. The maximum Gasteiger partial charge on any atom is 0.304 e. The van der Waals surface area contributed by atoms with Crippen LogP contribution < -0.4 is 5.32 Å². The molecule has 222 valence electrons. The zero-order valence-electron chi connectivity index (χ0n) is 24.5. The molecule has 0 bridgehead atoms. The first-order chi connectivity index (χ1) is 19.5. The summed E-state index contributed by atoms with van der Waals surface area (Å²) in [5.41, 5.74) is 1.68. The number of carboxylic acid groups (broad SMARTS) is 1. The molecule has 0 aliphatic heterocycles. The fraction of sp³-hybridized carbons (Fsp3) is 0.636. The van der Waals surface area contributed by atoms with Gasteiger partial charge in [-0.1, -0.05) is 54.9 Å². The molecule has 5 rings (SSSR count). The van der Waals surface area contributed by atoms with E-state index in [0.29, 0.717) is 24.2 Å². The summed E-state index contributed by atoms with van der Waals surface area (Å²) < 4.78 is 0. The molecule has 41 heavy (non-hydrogen) atoms. The molecule has 8 nitrogen and oxygen atoms in total. The summed E-state index contributed by atoms with van der Waals surface area (Å²) in [6.07, 6.45) is 9.31. The number of hydrogen-bond donors (Lipinski definition) is 3. The van der Waals surface area contributed by atoms with Crippen molar-refractivity contribution in [2.75, 3.05) is 13.2 Å². The van der Waals surface area contributed by atoms with Gasteiger partial charge < -0.3 is 20.4 Å². The number of oxime groups is 1. The molecule has 1 unspecified atom stereocenters. The Bertz CT molecular complexity index is 1240. The van der Waals surface area contributed by atoms with Crippen LogP contribution in [-0.2, 0) is 19.2 Å². The van der Waals surface area contributed by atoms with Crippen molar-refractivity contribution in [1.82, 2.24) is 5.32 Å². The van der Waals surface area contributed by atoms with Crippen molar-refractivity contribution >= 4 is 23.4 Å². The van der Waals surface area contributed by atoms with E-state index in [1.165, 1.54) is 5.57 Å². The van der Waals surface area contributed by atoms with Gasteiger partial charge in [-0.2, -0.15) is 0 Å². The van der Waals surface area contributed by atoms with Crippen molar-refractivity contribution in [3.05, 3.63) is 47.5 Å². The van der Waals surface area contributed by atoms with Crippen LogP contribution in [0.1, 0.15) is 90.0 Å². The number of carboxylic acids is 1. The monoisotopic (exact) mass is 564 g/mol. The average molecular weight is 565 g/mol. The highest BCUT2D eigenvalue weighted by Gasteiger charge is 2.65. The van der Waals surface area contributed by atoms with Crippen LogP contribution >= 0.6 is 0 Å². The van der Waals surface area contributed by atoms with E-state index in [1.807, 2.05) is 30.3 Å². The van der Waals surface area contributed by atoms with Crippen molar-refractivity contribution in [3.8, 4) is 0 Å². The molecule has 0 spiro atoms. The quantitative estimate of drug-likeness (QED) is 0.362. The van der Waals surface area contributed by atoms with Crippen LogP contribution in [-0.4, -0.2) is 52.3 Å². The predicted molar refractivity (Wildman–Crippen MR) is 155 cm³/mol. The van der Waals surface area contributed by atoms with E-state index in [0.717, 1.165) is 56.2 Å². The number of amides is 1. The zero-order valence-corrected chi connectivity index (χ0v) is 24.5. The first-order valence-corrected chi connectivity index (χ1v) is 15.1. The van der Waals surface area contributed by atoms with Gasteiger partial charge in [0.1, 0.15) is 5.60 Å². The standard InChI is InChI=1S/C33H44N2O6/c1-21(36)33(40)16-13-28-26-10-9-24-18-25(11-14-31(24,2)27(26)12-15-32(28,33)3)35-41-20-29(37)34-19-23(17-30(38)39)22-7-5-4-6-8-22/h4-8,18,23,26-28,40H,9-17,19-20H2,1-3H3,(H,34,37)(H,38,39)/b35-25-/t23?,26-,27+,28+,31+,32+,33+/m1/s1. The molecule has 8 heteroatoms. The second-order valence-electron chi connectivity index (χ2n) is 13.3. The van der Waals surface area contributed by atoms with E-state index >= 15 is 0 Å². The molecule has 1 aromatic rings. The van der Waals surface area contributed by atoms with Gasteiger partial charge in [-0.3, -0.25) is 14.4 Å². The predicted octanol–water partition coefficient (Wildman–Crippen LogP) is 5.02. The van der Waals surface area contributed by atoms with Crippen molar-refractivity contribution in [3.63, 3.8) is 0 Å². The van der Waals surface area contributed by atoms with Gasteiger partial charge >= 0.3 is 5.97 Å². The van der Waals surface area contributed by atoms with E-state index in [4.69, 9.17) is 4.84 Å². The lowest BCUT2D eigenvalue weighted by molar-refractivity contribution is -0.159. The molecular formula is C33H44N2O6. The number of carbonyl (C=O) groups excluding carboxylic acids is 2. The summed E-state index contributed by atoms with van der Waals surface area (Å²) in [4.78, 5) is 41.7. The van der Waals surface area contributed by atoms with Gasteiger partial charge in [-0.25, -0.2) is 0 Å². The van der Waals surface area contributed by atoms with E-state index in [9.17, 15) is 24.6 Å². The Balaban J connectivity index is 1.18. The van der Waals surface area contributed by atoms with Crippen LogP contribution in [0.3, 0.4) is 0 Å². The van der Waals surface area contributed by atoms with E-state index in [1.54, 1.807) is 6.92 Å². The maximum atomic E-state index is 12.5. The van der Waals surface area contributed by atoms with Gasteiger partial charge in [0.2, 0.25) is 0 Å². The van der Waals surface area contributed by atoms with Gasteiger partial charge in [-0.05, 0) is 93.1 Å². The van der Waals surface area contributed by atoms with Crippen LogP contribution in [0.15, 0.2) is 47.1 Å². The average Bonchev–Trinajstić information content (AvgIpc) is 3.23. The van der Waals surface area contributed by atoms with Crippen molar-refractivity contribution in [2.24, 2.45) is 33.7 Å². The molecule has 3 fully saturated rings. The molecule has 7 atom stereocenters. The SMILES string of the molecule is CC(=O)[C@@]1(O)CC[C@H]2[C@@H]3CCC4=C/C(=N\OCC(=O)NCC(CC(=O)O)c5ccccc5)CC[C@]4(C)[C@H]3CC[C@@]21C. The number of rotatable bonds is 9. The van der Waals surface area contributed by atoms with Gasteiger partial charge in [0.15, 0.2) is 12.4 Å². The number of benzene rings is 1. The number of aliphatic carboxylic acids is 1. The Morgan fingerprint density at radius 1 is 1.05 bits per heavy atom. The van der Waals surface area contributed by atoms with Crippen LogP contribution in [0.5, 0.6) is 0 Å². The lowest BCUT2D eigenvalue weighted by Gasteiger charge is -2.59. The Morgan fingerprint density at radius 3 is 2.49 bits per heavy atom. The number of ketones is 1. The minimum atomic E-state index is -1.19. The third kappa shape index (κ3) is 5.36. The molecule has 3 N–H and O–H groups in total. The summed E-state index contributed by atoms with van der Waals surface area (Å²) in [7, 11) is 0. The number of allylic oxidation sites excluding steroid dienone is 2. The Kier molecular flexibility index (Phi) is 8.16. The maximum absolute atomic E-state index is 12.5. The first-order valence-electron chi connectivity index (χ1n) is 15.1.